The zero-order chi connectivity index (χ0) is 21.5. The maximum absolute atomic E-state index is 13.2. The van der Waals surface area contributed by atoms with Gasteiger partial charge in [0.2, 0.25) is 0 Å². The summed E-state index contributed by atoms with van der Waals surface area (Å²) in [6, 6.07) is 12.3. The van der Waals surface area contributed by atoms with E-state index in [1.54, 1.807) is 28.8 Å². The predicted octanol–water partition coefficient (Wildman–Crippen LogP) is 4.94. The molecular weight excluding hydrogens is 439 g/mol. The Morgan fingerprint density at radius 2 is 1.90 bits per heavy atom. The van der Waals surface area contributed by atoms with Crippen molar-refractivity contribution in [2.75, 3.05) is 0 Å². The highest BCUT2D eigenvalue weighted by atomic mass is 32.1. The van der Waals surface area contributed by atoms with E-state index in [4.69, 9.17) is 12.2 Å². The van der Waals surface area contributed by atoms with Crippen molar-refractivity contribution in [3.8, 4) is 16.9 Å². The second-order valence-electron chi connectivity index (χ2n) is 6.74. The van der Waals surface area contributed by atoms with Gasteiger partial charge in [-0.3, -0.25) is 24.2 Å². The van der Waals surface area contributed by atoms with Crippen LogP contribution in [0.15, 0.2) is 60.1 Å². The lowest BCUT2D eigenvalue weighted by atomic mass is 10.2. The number of nitrogens with one attached hydrogen (secondary N) is 1. The number of aromatic amines is 1. The van der Waals surface area contributed by atoms with Crippen molar-refractivity contribution in [1.29, 1.82) is 0 Å². The molecule has 0 amide bonds. The first-order chi connectivity index (χ1) is 15.0. The van der Waals surface area contributed by atoms with E-state index in [9.17, 15) is 14.5 Å². The molecule has 0 aliphatic rings. The monoisotopic (exact) mass is 452 g/mol. The van der Waals surface area contributed by atoms with Crippen LogP contribution < -0.4 is 0 Å². The summed E-state index contributed by atoms with van der Waals surface area (Å²) in [6.45, 7) is 0. The van der Waals surface area contributed by atoms with Gasteiger partial charge in [-0.2, -0.15) is 5.10 Å². The van der Waals surface area contributed by atoms with Crippen molar-refractivity contribution in [1.82, 2.24) is 24.1 Å². The van der Waals surface area contributed by atoms with Gasteiger partial charge in [0.15, 0.2) is 9.73 Å². The van der Waals surface area contributed by atoms with Crippen LogP contribution in [0.3, 0.4) is 0 Å². The molecule has 0 fully saturated rings. The summed E-state index contributed by atoms with van der Waals surface area (Å²) in [7, 11) is 0. The third-order valence-electron chi connectivity index (χ3n) is 4.82. The zero-order valence-electron chi connectivity index (χ0n) is 15.7. The molecule has 0 unspecified atom stereocenters. The van der Waals surface area contributed by atoms with Gasteiger partial charge in [0, 0.05) is 41.4 Å². The maximum Gasteiger partial charge on any atom is 0.269 e. The van der Waals surface area contributed by atoms with Crippen molar-refractivity contribution in [2.24, 2.45) is 0 Å². The molecule has 1 N–H and O–H groups in total. The van der Waals surface area contributed by atoms with Crippen molar-refractivity contribution >= 4 is 34.2 Å². The predicted molar refractivity (Wildman–Crippen MR) is 117 cm³/mol. The molecule has 154 valence electrons. The Morgan fingerprint density at radius 1 is 1.16 bits per heavy atom. The minimum Gasteiger partial charge on any atom is -0.294 e. The molecule has 0 spiro atoms. The van der Waals surface area contributed by atoms with Crippen LogP contribution in [-0.2, 0) is 6.42 Å². The van der Waals surface area contributed by atoms with Gasteiger partial charge >= 0.3 is 0 Å². The topological polar surface area (TPSA) is 94.1 Å². The van der Waals surface area contributed by atoms with Crippen LogP contribution in [-0.4, -0.2) is 29.1 Å². The Hall–Kier alpha value is -3.70. The molecule has 0 saturated heterocycles. The van der Waals surface area contributed by atoms with Crippen molar-refractivity contribution in [3.63, 3.8) is 0 Å². The van der Waals surface area contributed by atoms with Crippen LogP contribution in [0.1, 0.15) is 11.5 Å². The van der Waals surface area contributed by atoms with Gasteiger partial charge in [-0.05, 0) is 48.6 Å². The summed E-state index contributed by atoms with van der Waals surface area (Å²) in [4.78, 5) is 15.9. The molecule has 5 aromatic rings. The van der Waals surface area contributed by atoms with Crippen LogP contribution in [0.2, 0.25) is 0 Å². The molecule has 0 bridgehead atoms. The number of hydrogen-bond acceptors (Lipinski definition) is 6. The molecule has 0 atom stereocenters. The minimum absolute atomic E-state index is 0.00611. The molecule has 11 heteroatoms. The van der Waals surface area contributed by atoms with Crippen LogP contribution in [0, 0.1) is 20.7 Å². The number of hydrogen-bond donors (Lipinski definition) is 1. The van der Waals surface area contributed by atoms with Crippen LogP contribution in [0.4, 0.5) is 10.1 Å². The molecular formula is C20H13FN6O2S2. The van der Waals surface area contributed by atoms with Gasteiger partial charge in [-0.1, -0.05) is 0 Å². The standard InChI is InChI=1S/C20H13FN6O2S2/c21-13-3-1-12(2-4-13)17-10-25-16(11-31-20(25)22-17)9-18-23-24-19(30)26(18)14-5-7-15(8-6-14)27(28)29/h1-8,10-11H,9H2,(H,24,30). The van der Waals surface area contributed by atoms with E-state index in [0.717, 1.165) is 21.9 Å². The highest BCUT2D eigenvalue weighted by Crippen LogP contribution is 2.26. The first-order valence-electron chi connectivity index (χ1n) is 9.12. The number of thiazole rings is 1. The first-order valence-corrected chi connectivity index (χ1v) is 10.4. The lowest BCUT2D eigenvalue weighted by Crippen LogP contribution is -2.04. The number of rotatable bonds is 5. The summed E-state index contributed by atoms with van der Waals surface area (Å²) in [5, 5.41) is 20.1. The fourth-order valence-corrected chi connectivity index (χ4v) is 4.45. The van der Waals surface area contributed by atoms with Gasteiger partial charge in [0.05, 0.1) is 16.3 Å². The average Bonchev–Trinajstić information content (AvgIpc) is 3.45. The third kappa shape index (κ3) is 3.53. The molecule has 31 heavy (non-hydrogen) atoms. The minimum atomic E-state index is -0.445. The Labute approximate surface area is 183 Å². The normalized spacial score (nSPS) is 11.3. The number of imidazole rings is 1. The summed E-state index contributed by atoms with van der Waals surface area (Å²) in [5.41, 5.74) is 3.23. The molecule has 8 nitrogen and oxygen atoms in total. The lowest BCUT2D eigenvalue weighted by molar-refractivity contribution is -0.384. The second-order valence-corrected chi connectivity index (χ2v) is 7.97. The molecule has 0 saturated carbocycles. The highest BCUT2D eigenvalue weighted by molar-refractivity contribution is 7.71. The Bertz CT molecular complexity index is 1460. The number of halogens is 1. The van der Waals surface area contributed by atoms with E-state index >= 15 is 0 Å². The molecule has 5 rings (SSSR count). The van der Waals surface area contributed by atoms with Crippen LogP contribution >= 0.6 is 23.6 Å². The van der Waals surface area contributed by atoms with Gasteiger partial charge in [-0.15, -0.1) is 11.3 Å². The fraction of sp³-hybridized carbons (Fsp3) is 0.0500. The van der Waals surface area contributed by atoms with Crippen molar-refractivity contribution in [2.45, 2.75) is 6.42 Å². The van der Waals surface area contributed by atoms with Crippen molar-refractivity contribution < 1.29 is 9.31 Å². The number of non-ortho nitro benzene ring substituents is 1. The Balaban J connectivity index is 1.50. The van der Waals surface area contributed by atoms with Crippen LogP contribution in [0.25, 0.3) is 21.9 Å². The molecule has 2 aromatic carbocycles. The number of benzene rings is 2. The van der Waals surface area contributed by atoms with Gasteiger partial charge in [0.1, 0.15) is 11.6 Å². The number of fused-ring (bicyclic) bond motifs is 1. The highest BCUT2D eigenvalue weighted by Gasteiger charge is 2.15. The third-order valence-corrected chi connectivity index (χ3v) is 5.99. The second kappa shape index (κ2) is 7.52. The lowest BCUT2D eigenvalue weighted by Gasteiger charge is -2.06. The van der Waals surface area contributed by atoms with E-state index in [1.165, 1.54) is 35.6 Å². The van der Waals surface area contributed by atoms with E-state index in [2.05, 4.69) is 15.2 Å². The number of nitrogens with zero attached hydrogens (tertiary/aromatic N) is 5. The fourth-order valence-electron chi connectivity index (χ4n) is 3.32. The van der Waals surface area contributed by atoms with Crippen LogP contribution in [0.5, 0.6) is 0 Å². The number of H-pyrrole nitrogens is 1. The summed E-state index contributed by atoms with van der Waals surface area (Å²) in [6.07, 6.45) is 2.37. The zero-order valence-corrected chi connectivity index (χ0v) is 17.4. The maximum atomic E-state index is 13.2. The largest absolute Gasteiger partial charge is 0.294 e. The summed E-state index contributed by atoms with van der Waals surface area (Å²) < 4.78 is 17.3. The van der Waals surface area contributed by atoms with Gasteiger partial charge in [0.25, 0.3) is 5.69 Å². The molecule has 0 aliphatic heterocycles. The summed E-state index contributed by atoms with van der Waals surface area (Å²) in [5.74, 6) is 0.370. The van der Waals surface area contributed by atoms with E-state index in [0.29, 0.717) is 22.7 Å². The van der Waals surface area contributed by atoms with E-state index in [-0.39, 0.29) is 11.5 Å². The molecule has 0 aliphatic carbocycles. The molecule has 3 aromatic heterocycles. The van der Waals surface area contributed by atoms with Gasteiger partial charge < -0.3 is 0 Å². The molecule has 0 radical (unpaired) electrons. The smallest absolute Gasteiger partial charge is 0.269 e. The summed E-state index contributed by atoms with van der Waals surface area (Å²) >= 11 is 6.87. The van der Waals surface area contributed by atoms with E-state index < -0.39 is 4.92 Å². The molecule has 3 heterocycles. The number of aromatic nitrogens is 5. The SMILES string of the molecule is O=[N+]([O-])c1ccc(-n2c(Cc3csc4nc(-c5ccc(F)cc5)cn34)n[nH]c2=S)cc1. The number of nitro benzene ring substituents is 1. The Morgan fingerprint density at radius 3 is 2.61 bits per heavy atom. The number of nitro groups is 1. The van der Waals surface area contributed by atoms with E-state index in [1.807, 2.05) is 16.0 Å². The average molecular weight is 452 g/mol. The Kier molecular flexibility index (Phi) is 4.68. The quantitative estimate of drug-likeness (QED) is 0.231. The van der Waals surface area contributed by atoms with Crippen molar-refractivity contribution in [3.05, 3.63) is 92.3 Å². The first kappa shape index (κ1) is 19.3. The van der Waals surface area contributed by atoms with Gasteiger partial charge in [-0.25, -0.2) is 9.37 Å².